The number of thioether (sulfide) groups is 1. The van der Waals surface area contributed by atoms with Crippen molar-refractivity contribution in [2.24, 2.45) is 0 Å². The van der Waals surface area contributed by atoms with Crippen LogP contribution in [-0.4, -0.2) is 31.3 Å². The van der Waals surface area contributed by atoms with E-state index in [0.29, 0.717) is 27.8 Å². The number of benzene rings is 2. The summed E-state index contributed by atoms with van der Waals surface area (Å²) in [4.78, 5) is 29.1. The Kier molecular flexibility index (Phi) is 4.51. The second-order valence-electron chi connectivity index (χ2n) is 5.83. The van der Waals surface area contributed by atoms with Gasteiger partial charge < -0.3 is 19.7 Å². The summed E-state index contributed by atoms with van der Waals surface area (Å²) in [6.45, 7) is 1.75. The lowest BCUT2D eigenvalue weighted by atomic mass is 10.2. The third-order valence-electron chi connectivity index (χ3n) is 3.86. The second kappa shape index (κ2) is 7.12. The number of imidazole rings is 1. The van der Waals surface area contributed by atoms with E-state index in [4.69, 9.17) is 4.42 Å². The Labute approximate surface area is 157 Å². The summed E-state index contributed by atoms with van der Waals surface area (Å²) in [6.07, 6.45) is 0. The summed E-state index contributed by atoms with van der Waals surface area (Å²) >= 11 is 1.18. The number of hydrogen-bond acceptors (Lipinski definition) is 6. The summed E-state index contributed by atoms with van der Waals surface area (Å²) in [6, 6.07) is 14.6. The average Bonchev–Trinajstić information content (AvgIpc) is 3.27. The van der Waals surface area contributed by atoms with Gasteiger partial charge in [-0.15, -0.1) is 10.2 Å². The number of nitrogens with one attached hydrogen (secondary N) is 3. The highest BCUT2D eigenvalue weighted by Crippen LogP contribution is 2.26. The van der Waals surface area contributed by atoms with Gasteiger partial charge in [0.05, 0.1) is 16.3 Å². The molecule has 0 unspecified atom stereocenters. The summed E-state index contributed by atoms with van der Waals surface area (Å²) in [7, 11) is 0. The molecule has 0 bridgehead atoms. The number of aromatic amines is 2. The fourth-order valence-electron chi connectivity index (χ4n) is 2.51. The first-order valence-corrected chi connectivity index (χ1v) is 9.05. The molecule has 4 aromatic rings. The van der Waals surface area contributed by atoms with Crippen molar-refractivity contribution in [1.29, 1.82) is 0 Å². The molecule has 4 rings (SSSR count). The van der Waals surface area contributed by atoms with Crippen LogP contribution in [0.25, 0.3) is 22.5 Å². The minimum Gasteiger partial charge on any atom is -0.411 e. The van der Waals surface area contributed by atoms with Gasteiger partial charge in [0.25, 0.3) is 5.22 Å². The number of hydrogen-bond donors (Lipinski definition) is 3. The Morgan fingerprint density at radius 1 is 1.11 bits per heavy atom. The van der Waals surface area contributed by atoms with Crippen molar-refractivity contribution in [2.75, 3.05) is 5.32 Å². The third-order valence-corrected chi connectivity index (χ3v) is 4.79. The number of rotatable bonds is 5. The molecule has 9 heteroatoms. The number of carbonyl (C=O) groups excluding carboxylic acids is 1. The SMILES string of the molecule is C[C@H](Sc1nnc(-c2ccccc2)o1)C(=O)Nc1ccc2[nH]c(=O)[nH]c2c1. The number of aromatic nitrogens is 4. The Morgan fingerprint density at radius 3 is 2.70 bits per heavy atom. The van der Waals surface area contributed by atoms with E-state index in [1.54, 1.807) is 25.1 Å². The quantitative estimate of drug-likeness (QED) is 0.458. The van der Waals surface area contributed by atoms with E-state index in [9.17, 15) is 9.59 Å². The normalized spacial score (nSPS) is 12.2. The molecule has 0 aliphatic rings. The zero-order chi connectivity index (χ0) is 18.8. The van der Waals surface area contributed by atoms with Crippen molar-refractivity contribution in [3.63, 3.8) is 0 Å². The van der Waals surface area contributed by atoms with E-state index in [2.05, 4.69) is 25.5 Å². The maximum Gasteiger partial charge on any atom is 0.323 e. The Bertz CT molecular complexity index is 1150. The summed E-state index contributed by atoms with van der Waals surface area (Å²) in [5.74, 6) is 0.198. The fraction of sp³-hybridized carbons (Fsp3) is 0.111. The van der Waals surface area contributed by atoms with Crippen LogP contribution in [-0.2, 0) is 4.79 Å². The summed E-state index contributed by atoms with van der Waals surface area (Å²) in [5, 5.41) is 10.7. The van der Waals surface area contributed by atoms with Gasteiger partial charge in [0.1, 0.15) is 0 Å². The monoisotopic (exact) mass is 381 g/mol. The van der Waals surface area contributed by atoms with Gasteiger partial charge >= 0.3 is 5.69 Å². The van der Waals surface area contributed by atoms with Crippen molar-refractivity contribution >= 4 is 34.4 Å². The van der Waals surface area contributed by atoms with Crippen molar-refractivity contribution in [3.05, 3.63) is 59.0 Å². The Hall–Kier alpha value is -3.33. The lowest BCUT2D eigenvalue weighted by Crippen LogP contribution is -2.22. The zero-order valence-electron chi connectivity index (χ0n) is 14.2. The van der Waals surface area contributed by atoms with Gasteiger partial charge in [-0.25, -0.2) is 4.79 Å². The van der Waals surface area contributed by atoms with Gasteiger partial charge in [0, 0.05) is 11.3 Å². The molecule has 0 fully saturated rings. The smallest absolute Gasteiger partial charge is 0.323 e. The van der Waals surface area contributed by atoms with Crippen LogP contribution in [0.1, 0.15) is 6.92 Å². The largest absolute Gasteiger partial charge is 0.411 e. The summed E-state index contributed by atoms with van der Waals surface area (Å²) in [5.41, 5.74) is 2.43. The van der Waals surface area contributed by atoms with E-state index in [1.807, 2.05) is 30.3 Å². The fourth-order valence-corrected chi connectivity index (χ4v) is 3.20. The Morgan fingerprint density at radius 2 is 1.89 bits per heavy atom. The van der Waals surface area contributed by atoms with E-state index >= 15 is 0 Å². The average molecular weight is 381 g/mol. The standard InChI is InChI=1S/C18H15N5O3S/c1-10(27-18-23-22-16(26-18)11-5-3-2-4-6-11)15(24)19-12-7-8-13-14(9-12)21-17(25)20-13/h2-10H,1H3,(H,19,24)(H2,20,21,25)/t10-/m0/s1. The maximum absolute atomic E-state index is 12.4. The molecule has 8 nitrogen and oxygen atoms in total. The van der Waals surface area contributed by atoms with Crippen LogP contribution in [0, 0.1) is 0 Å². The molecule has 1 atom stereocenters. The molecular weight excluding hydrogens is 366 g/mol. The predicted molar refractivity (Wildman–Crippen MR) is 103 cm³/mol. The van der Waals surface area contributed by atoms with Crippen molar-refractivity contribution in [2.45, 2.75) is 17.4 Å². The van der Waals surface area contributed by atoms with Gasteiger partial charge in [-0.05, 0) is 37.3 Å². The first-order valence-electron chi connectivity index (χ1n) is 8.17. The number of amides is 1. The molecule has 1 amide bonds. The highest BCUT2D eigenvalue weighted by molar-refractivity contribution is 8.00. The zero-order valence-corrected chi connectivity index (χ0v) is 15.0. The molecule has 0 saturated heterocycles. The van der Waals surface area contributed by atoms with Crippen LogP contribution in [0.15, 0.2) is 63.0 Å². The van der Waals surface area contributed by atoms with Crippen LogP contribution >= 0.6 is 11.8 Å². The van der Waals surface area contributed by atoms with Crippen LogP contribution < -0.4 is 11.0 Å². The van der Waals surface area contributed by atoms with Crippen molar-refractivity contribution in [1.82, 2.24) is 20.2 Å². The molecular formula is C18H15N5O3S. The molecule has 0 aliphatic heterocycles. The lowest BCUT2D eigenvalue weighted by molar-refractivity contribution is -0.115. The van der Waals surface area contributed by atoms with Crippen LogP contribution in [0.3, 0.4) is 0 Å². The molecule has 0 spiro atoms. The molecule has 0 aliphatic carbocycles. The number of carbonyl (C=O) groups is 1. The van der Waals surface area contributed by atoms with Crippen LogP contribution in [0.5, 0.6) is 0 Å². The minimum absolute atomic E-state index is 0.211. The molecule has 136 valence electrons. The highest BCUT2D eigenvalue weighted by atomic mass is 32.2. The number of nitrogens with zero attached hydrogens (tertiary/aromatic N) is 2. The lowest BCUT2D eigenvalue weighted by Gasteiger charge is -2.09. The van der Waals surface area contributed by atoms with Gasteiger partial charge in [-0.2, -0.15) is 0 Å². The number of H-pyrrole nitrogens is 2. The van der Waals surface area contributed by atoms with Crippen molar-refractivity contribution < 1.29 is 9.21 Å². The highest BCUT2D eigenvalue weighted by Gasteiger charge is 2.19. The van der Waals surface area contributed by atoms with E-state index < -0.39 is 5.25 Å². The molecule has 2 aromatic carbocycles. The predicted octanol–water partition coefficient (Wildman–Crippen LogP) is 3.03. The van der Waals surface area contributed by atoms with Gasteiger partial charge in [-0.3, -0.25) is 4.79 Å². The molecule has 2 heterocycles. The van der Waals surface area contributed by atoms with E-state index in [1.165, 1.54) is 11.8 Å². The van der Waals surface area contributed by atoms with E-state index in [-0.39, 0.29) is 11.6 Å². The van der Waals surface area contributed by atoms with Gasteiger partial charge in [0.15, 0.2) is 0 Å². The molecule has 0 saturated carbocycles. The van der Waals surface area contributed by atoms with Gasteiger partial charge in [-0.1, -0.05) is 30.0 Å². The number of fused-ring (bicyclic) bond motifs is 1. The molecule has 3 N–H and O–H groups in total. The van der Waals surface area contributed by atoms with Gasteiger partial charge in [0.2, 0.25) is 11.8 Å². The first-order chi connectivity index (χ1) is 13.1. The van der Waals surface area contributed by atoms with Crippen LogP contribution in [0.4, 0.5) is 5.69 Å². The first kappa shape index (κ1) is 17.1. The minimum atomic E-state index is -0.449. The summed E-state index contributed by atoms with van der Waals surface area (Å²) < 4.78 is 5.62. The molecule has 0 radical (unpaired) electrons. The second-order valence-corrected chi connectivity index (χ2v) is 7.12. The molecule has 2 aromatic heterocycles. The Balaban J connectivity index is 1.43. The number of anilines is 1. The van der Waals surface area contributed by atoms with E-state index in [0.717, 1.165) is 5.56 Å². The third kappa shape index (κ3) is 3.77. The van der Waals surface area contributed by atoms with Crippen molar-refractivity contribution in [3.8, 4) is 11.5 Å². The van der Waals surface area contributed by atoms with Crippen LogP contribution in [0.2, 0.25) is 0 Å². The maximum atomic E-state index is 12.4. The molecule has 27 heavy (non-hydrogen) atoms. The topological polar surface area (TPSA) is 117 Å².